The molecule has 0 spiro atoms. The maximum absolute atomic E-state index is 14.2. The smallest absolute Gasteiger partial charge is 0.493 e. The predicted octanol–water partition coefficient (Wildman–Crippen LogP) is 8.36. The number of carbonyl (C=O) groups is 1. The van der Waals surface area contributed by atoms with Gasteiger partial charge in [-0.2, -0.15) is 9.97 Å². The number of alkyl halides is 6. The summed E-state index contributed by atoms with van der Waals surface area (Å²) < 4.78 is 129. The third-order valence-corrected chi connectivity index (χ3v) is 13.9. The molecule has 0 bridgehead atoms. The number of hydrogen-bond donors (Lipinski definition) is 2. The van der Waals surface area contributed by atoms with Gasteiger partial charge in [0.15, 0.2) is 29.0 Å². The summed E-state index contributed by atoms with van der Waals surface area (Å²) in [7, 11) is 2.94. The zero-order valence-corrected chi connectivity index (χ0v) is 46.5. The van der Waals surface area contributed by atoms with Crippen molar-refractivity contribution in [1.29, 1.82) is 0 Å². The normalized spacial score (nSPS) is 15.6. The number of aliphatic hydroxyl groups is 2. The first-order chi connectivity index (χ1) is 40.2. The molecular formula is C55H56Cl2F6N8O13. The number of aryl methyl sites for hydroxylation is 1. The highest BCUT2D eigenvalue weighted by atomic mass is 35.5. The van der Waals surface area contributed by atoms with Crippen LogP contribution in [-0.4, -0.2) is 134 Å². The lowest BCUT2D eigenvalue weighted by molar-refractivity contribution is -0.275. The van der Waals surface area contributed by atoms with Crippen LogP contribution in [0.5, 0.6) is 35.0 Å². The van der Waals surface area contributed by atoms with Gasteiger partial charge in [-0.25, -0.2) is 4.79 Å². The second-order valence-electron chi connectivity index (χ2n) is 19.2. The molecule has 29 heteroatoms. The lowest BCUT2D eigenvalue weighted by atomic mass is 10.0. The topological polar surface area (TPSA) is 217 Å². The molecule has 2 unspecified atom stereocenters. The van der Waals surface area contributed by atoms with Crippen LogP contribution in [0.1, 0.15) is 53.7 Å². The van der Waals surface area contributed by atoms with Gasteiger partial charge in [0.05, 0.1) is 59.3 Å². The Hall–Kier alpha value is -7.69. The molecule has 2 aliphatic heterocycles. The summed E-state index contributed by atoms with van der Waals surface area (Å²) in [6, 6.07) is 20.0. The molecule has 4 aromatic carbocycles. The Morgan fingerprint density at radius 2 is 1.35 bits per heavy atom. The van der Waals surface area contributed by atoms with E-state index in [1.807, 2.05) is 0 Å². The monoisotopic (exact) mass is 1220 g/mol. The first kappa shape index (κ1) is 60.9. The quantitative estimate of drug-likeness (QED) is 0.0406. The largest absolute Gasteiger partial charge is 0.573 e. The van der Waals surface area contributed by atoms with Crippen molar-refractivity contribution < 1.29 is 79.2 Å². The molecule has 2 aliphatic rings. The summed E-state index contributed by atoms with van der Waals surface area (Å²) in [6.45, 7) is -0.593. The van der Waals surface area contributed by atoms with Crippen molar-refractivity contribution in [1.82, 2.24) is 33.1 Å². The number of imidazole rings is 2. The van der Waals surface area contributed by atoms with Crippen LogP contribution in [0.4, 0.5) is 32.2 Å². The third kappa shape index (κ3) is 14.6. The number of anilines is 1. The Balaban J connectivity index is 0.908. The molecule has 3 aromatic heterocycles. The van der Waals surface area contributed by atoms with Crippen molar-refractivity contribution in [2.75, 3.05) is 64.7 Å². The SMILES string of the molecule is CN1c2nc(OCCCOc3ccc(-c4cc(Cn5c(OCCCOc6cccc(OC(F)(F)F)c6)nc6c5c(=O)n(CCO)c(=O)n6C)ccc4Cl)c(OC(F)(F)F)c3)n(Cc3ccc(Cl)cc3)c2C(=O)N(CCOC2CCCCO2)C1O. The molecule has 0 aliphatic carbocycles. The summed E-state index contributed by atoms with van der Waals surface area (Å²) in [5.74, 6) is -1.46. The van der Waals surface area contributed by atoms with Gasteiger partial charge < -0.3 is 53.0 Å². The van der Waals surface area contributed by atoms with Crippen molar-refractivity contribution in [2.45, 2.75) is 77.1 Å². The van der Waals surface area contributed by atoms with E-state index in [-0.39, 0.29) is 134 Å². The molecule has 450 valence electrons. The minimum absolute atomic E-state index is 0.0109. The van der Waals surface area contributed by atoms with Crippen LogP contribution in [0.15, 0.2) is 94.5 Å². The second-order valence-corrected chi connectivity index (χ2v) is 20.1. The van der Waals surface area contributed by atoms with Gasteiger partial charge in [0.1, 0.15) is 23.0 Å². The van der Waals surface area contributed by atoms with E-state index in [2.05, 4.69) is 19.4 Å². The minimum atomic E-state index is -5.18. The zero-order chi connectivity index (χ0) is 59.9. The van der Waals surface area contributed by atoms with E-state index in [0.29, 0.717) is 17.2 Å². The Labute approximate surface area is 484 Å². The molecule has 5 heterocycles. The highest BCUT2D eigenvalue weighted by Crippen LogP contribution is 2.41. The molecule has 2 N–H and O–H groups in total. The van der Waals surface area contributed by atoms with Gasteiger partial charge in [-0.05, 0) is 78.9 Å². The van der Waals surface area contributed by atoms with Crippen molar-refractivity contribution in [3.63, 3.8) is 0 Å². The highest BCUT2D eigenvalue weighted by molar-refractivity contribution is 6.33. The summed E-state index contributed by atoms with van der Waals surface area (Å²) >= 11 is 12.9. The molecule has 21 nitrogen and oxygen atoms in total. The number of aromatic nitrogens is 6. The third-order valence-electron chi connectivity index (χ3n) is 13.3. The van der Waals surface area contributed by atoms with Crippen LogP contribution in [0, 0.1) is 0 Å². The fourth-order valence-corrected chi connectivity index (χ4v) is 9.73. The van der Waals surface area contributed by atoms with Crippen LogP contribution in [0.2, 0.25) is 10.0 Å². The Kier molecular flexibility index (Phi) is 19.2. The van der Waals surface area contributed by atoms with E-state index in [0.717, 1.165) is 52.2 Å². The molecule has 1 saturated heterocycles. The van der Waals surface area contributed by atoms with Crippen LogP contribution in [0.3, 0.4) is 0 Å². The van der Waals surface area contributed by atoms with Crippen LogP contribution < -0.4 is 44.6 Å². The van der Waals surface area contributed by atoms with Gasteiger partial charge >= 0.3 is 18.4 Å². The average Bonchev–Trinajstić information content (AvgIpc) is 2.60. The highest BCUT2D eigenvalue weighted by Gasteiger charge is 2.41. The number of ether oxygens (including phenoxy) is 8. The first-order valence-corrected chi connectivity index (χ1v) is 27.1. The van der Waals surface area contributed by atoms with E-state index in [4.69, 9.17) is 51.6 Å². The van der Waals surface area contributed by atoms with Crippen LogP contribution >= 0.6 is 23.2 Å². The van der Waals surface area contributed by atoms with E-state index in [1.165, 1.54) is 57.8 Å². The lowest BCUT2D eigenvalue weighted by Gasteiger charge is -2.38. The number of benzene rings is 4. The fraction of sp³-hybridized carbons (Fsp3) is 0.400. The number of amides is 1. The van der Waals surface area contributed by atoms with Gasteiger partial charge in [-0.15, -0.1) is 26.3 Å². The number of fused-ring (bicyclic) bond motifs is 2. The van der Waals surface area contributed by atoms with Gasteiger partial charge in [0, 0.05) is 73.4 Å². The number of carbonyl (C=O) groups excluding carboxylic acids is 1. The lowest BCUT2D eigenvalue weighted by Crippen LogP contribution is -2.55. The fourth-order valence-electron chi connectivity index (χ4n) is 9.38. The minimum Gasteiger partial charge on any atom is -0.493 e. The molecular weight excluding hydrogens is 1170 g/mol. The zero-order valence-electron chi connectivity index (χ0n) is 45.0. The Morgan fingerprint density at radius 3 is 2.02 bits per heavy atom. The molecule has 0 radical (unpaired) electrons. The van der Waals surface area contributed by atoms with Gasteiger partial charge in [-0.1, -0.05) is 47.5 Å². The molecule has 0 saturated carbocycles. The molecule has 84 heavy (non-hydrogen) atoms. The Morgan fingerprint density at radius 1 is 0.690 bits per heavy atom. The Bertz CT molecular complexity index is 3570. The standard InChI is InChI=1S/C55H56Cl2F6N8O13/c1-66-46-44(48(73)68(19-21-72)52(66)75)71(51(65-46)82-25-6-23-77-36-8-5-9-38(29-36)83-54(58,59)60)32-34-13-18-41(57)40(28-34)39-17-16-37(30-42(39)84-55(61,62)63)78-24-7-26-81-50-64-47-45(70(50)31-33-11-14-35(56)15-12-33)49(74)69(53(76)67(47)2)20-27-80-43-10-3-4-22-79-43/h5,8-9,11-18,28-30,43,53,72,76H,3-4,6-7,10,19-27,31-32H2,1-2H3. The van der Waals surface area contributed by atoms with E-state index in [1.54, 1.807) is 41.9 Å². The number of halogens is 8. The molecule has 1 amide bonds. The van der Waals surface area contributed by atoms with Crippen molar-refractivity contribution in [3.05, 3.63) is 133 Å². The maximum Gasteiger partial charge on any atom is 0.573 e. The van der Waals surface area contributed by atoms with E-state index in [9.17, 15) is 50.9 Å². The number of rotatable bonds is 25. The van der Waals surface area contributed by atoms with Crippen LogP contribution in [-0.2, 0) is 36.2 Å². The predicted molar refractivity (Wildman–Crippen MR) is 291 cm³/mol. The first-order valence-electron chi connectivity index (χ1n) is 26.3. The summed E-state index contributed by atoms with van der Waals surface area (Å²) in [5, 5.41) is 21.5. The number of aliphatic hydroxyl groups excluding tert-OH is 2. The summed E-state index contributed by atoms with van der Waals surface area (Å²) in [5.41, 5.74) is -0.595. The molecule has 9 rings (SSSR count). The van der Waals surface area contributed by atoms with E-state index < -0.39 is 60.6 Å². The summed E-state index contributed by atoms with van der Waals surface area (Å²) in [6.07, 6.45) is -8.96. The van der Waals surface area contributed by atoms with Gasteiger partial charge in [-0.3, -0.25) is 32.8 Å². The van der Waals surface area contributed by atoms with Crippen molar-refractivity contribution in [2.24, 2.45) is 7.05 Å². The number of nitrogens with zero attached hydrogens (tertiary/aromatic N) is 8. The summed E-state index contributed by atoms with van der Waals surface area (Å²) in [4.78, 5) is 53.1. The molecule has 2 atom stereocenters. The van der Waals surface area contributed by atoms with Crippen LogP contribution in [0.25, 0.3) is 22.3 Å². The molecule has 1 fully saturated rings. The van der Waals surface area contributed by atoms with Crippen molar-refractivity contribution in [3.8, 4) is 46.1 Å². The second kappa shape index (κ2) is 26.5. The van der Waals surface area contributed by atoms with Gasteiger partial charge in [0.2, 0.25) is 6.35 Å². The molecule has 7 aromatic rings. The maximum atomic E-state index is 14.2. The average molecular weight is 1220 g/mol. The van der Waals surface area contributed by atoms with Crippen molar-refractivity contribution >= 4 is 46.1 Å². The number of hydrogen-bond acceptors (Lipinski definition) is 16. The van der Waals surface area contributed by atoms with E-state index >= 15 is 0 Å². The van der Waals surface area contributed by atoms with Gasteiger partial charge in [0.25, 0.3) is 23.5 Å².